The van der Waals surface area contributed by atoms with Crippen LogP contribution in [0.25, 0.3) is 0 Å². The Morgan fingerprint density at radius 2 is 1.48 bits per heavy atom. The first kappa shape index (κ1) is 28.7. The molecule has 1 fully saturated rings. The van der Waals surface area contributed by atoms with Gasteiger partial charge in [-0.15, -0.1) is 24.8 Å². The minimum atomic E-state index is -0.687. The van der Waals surface area contributed by atoms with Crippen molar-refractivity contribution in [3.05, 3.63) is 59.7 Å². The largest absolute Gasteiger partial charge is 0.495 e. The predicted octanol–water partition coefficient (Wildman–Crippen LogP) is 2.80. The Kier molecular flexibility index (Phi) is 10.2. The molecule has 0 aliphatic carbocycles. The van der Waals surface area contributed by atoms with Gasteiger partial charge in [0.15, 0.2) is 0 Å². The van der Waals surface area contributed by atoms with Gasteiger partial charge in [0.05, 0.1) is 18.2 Å². The van der Waals surface area contributed by atoms with Gasteiger partial charge in [-0.3, -0.25) is 19.4 Å². The molecule has 2 aliphatic heterocycles. The van der Waals surface area contributed by atoms with Gasteiger partial charge < -0.3 is 15.1 Å². The highest BCUT2D eigenvalue weighted by atomic mass is 35.5. The quantitative estimate of drug-likeness (QED) is 0.592. The minimum absolute atomic E-state index is 0. The molecule has 9 heteroatoms. The number of benzene rings is 2. The van der Waals surface area contributed by atoms with E-state index >= 15 is 0 Å². The van der Waals surface area contributed by atoms with E-state index in [9.17, 15) is 9.59 Å². The number of anilines is 1. The summed E-state index contributed by atoms with van der Waals surface area (Å²) in [6.45, 7) is 8.45. The number of ether oxygens (including phenoxy) is 1. The maximum atomic E-state index is 13.1. The average Bonchev–Trinajstić information content (AvgIpc) is 2.78. The van der Waals surface area contributed by atoms with E-state index in [4.69, 9.17) is 4.74 Å². The lowest BCUT2D eigenvalue weighted by atomic mass is 9.77. The fourth-order valence-electron chi connectivity index (χ4n) is 4.45. The maximum absolute atomic E-state index is 13.1. The maximum Gasteiger partial charge on any atom is 0.260 e. The molecule has 0 unspecified atom stereocenters. The lowest BCUT2D eigenvalue weighted by molar-refractivity contribution is -0.134. The summed E-state index contributed by atoms with van der Waals surface area (Å²) in [6.07, 6.45) is 0. The Balaban J connectivity index is 0.00000181. The summed E-state index contributed by atoms with van der Waals surface area (Å²) in [6, 6.07) is 15.5. The molecule has 7 nitrogen and oxygen atoms in total. The Bertz CT molecular complexity index is 962. The molecule has 2 N–H and O–H groups in total. The predicted molar refractivity (Wildman–Crippen MR) is 135 cm³/mol. The highest BCUT2D eigenvalue weighted by molar-refractivity contribution is 6.12. The van der Waals surface area contributed by atoms with E-state index in [1.165, 1.54) is 4.90 Å². The Labute approximate surface area is 207 Å². The highest BCUT2D eigenvalue weighted by Crippen LogP contribution is 2.34. The summed E-state index contributed by atoms with van der Waals surface area (Å²) < 4.78 is 5.49. The van der Waals surface area contributed by atoms with Crippen molar-refractivity contribution in [3.8, 4) is 5.75 Å². The monoisotopic (exact) mass is 497 g/mol. The molecule has 0 radical (unpaired) electrons. The van der Waals surface area contributed by atoms with Gasteiger partial charge in [0.2, 0.25) is 5.91 Å². The van der Waals surface area contributed by atoms with Gasteiger partial charge >= 0.3 is 0 Å². The number of para-hydroxylation sites is 2. The number of amides is 2. The molecule has 33 heavy (non-hydrogen) atoms. The van der Waals surface area contributed by atoms with E-state index < -0.39 is 5.41 Å². The molecule has 1 saturated heterocycles. The molecule has 182 valence electrons. The Morgan fingerprint density at radius 3 is 2.15 bits per heavy atom. The minimum Gasteiger partial charge on any atom is -0.495 e. The molecule has 2 aromatic carbocycles. The van der Waals surface area contributed by atoms with Gasteiger partial charge in [0, 0.05) is 44.8 Å². The van der Waals surface area contributed by atoms with Crippen LogP contribution in [-0.2, 0) is 10.2 Å². The van der Waals surface area contributed by atoms with Crippen LogP contribution < -0.4 is 9.64 Å². The summed E-state index contributed by atoms with van der Waals surface area (Å²) in [5.74, 6) is 0.595. The lowest BCUT2D eigenvalue weighted by Crippen LogP contribution is -2.55. The second-order valence-electron chi connectivity index (χ2n) is 8.43. The number of hydrogen-bond acceptors (Lipinski definition) is 5. The SMILES string of the molecule is COc1ccccc1N1CCN(CCN2C(=O)c3ccccc3C(C)(C)C2=O)CC1.Cl.Cl.O. The smallest absolute Gasteiger partial charge is 0.260 e. The molecule has 0 atom stereocenters. The summed E-state index contributed by atoms with van der Waals surface area (Å²) in [4.78, 5) is 32.1. The first-order valence-electron chi connectivity index (χ1n) is 10.5. The Morgan fingerprint density at radius 1 is 0.879 bits per heavy atom. The number of methoxy groups -OCH3 is 1. The van der Waals surface area contributed by atoms with Gasteiger partial charge in [0.25, 0.3) is 5.91 Å². The van der Waals surface area contributed by atoms with Gasteiger partial charge in [0.1, 0.15) is 5.75 Å². The van der Waals surface area contributed by atoms with Crippen LogP contribution >= 0.6 is 24.8 Å². The zero-order chi connectivity index (χ0) is 21.3. The summed E-state index contributed by atoms with van der Waals surface area (Å²) in [5, 5.41) is 0. The second kappa shape index (κ2) is 11.7. The van der Waals surface area contributed by atoms with Crippen molar-refractivity contribution < 1.29 is 19.8 Å². The first-order chi connectivity index (χ1) is 14.4. The molecule has 0 aromatic heterocycles. The summed E-state index contributed by atoms with van der Waals surface area (Å²) >= 11 is 0. The molecular weight excluding hydrogens is 465 g/mol. The van der Waals surface area contributed by atoms with Crippen molar-refractivity contribution in [3.63, 3.8) is 0 Å². The molecule has 4 rings (SSSR count). The zero-order valence-electron chi connectivity index (χ0n) is 19.2. The van der Waals surface area contributed by atoms with Crippen molar-refractivity contribution in [2.24, 2.45) is 0 Å². The van der Waals surface area contributed by atoms with Gasteiger partial charge in [-0.05, 0) is 37.6 Å². The number of nitrogens with zero attached hydrogens (tertiary/aromatic N) is 3. The van der Waals surface area contributed by atoms with Crippen molar-refractivity contribution in [1.82, 2.24) is 9.80 Å². The third-order valence-electron chi connectivity index (χ3n) is 6.29. The number of piperazine rings is 1. The van der Waals surface area contributed by atoms with Crippen LogP contribution in [0.5, 0.6) is 5.75 Å². The van der Waals surface area contributed by atoms with Crippen LogP contribution in [0.15, 0.2) is 48.5 Å². The summed E-state index contributed by atoms with van der Waals surface area (Å²) in [7, 11) is 1.70. The molecular formula is C24H33Cl2N3O4. The van der Waals surface area contributed by atoms with E-state index in [0.717, 1.165) is 43.2 Å². The molecule has 2 aromatic rings. The molecule has 2 heterocycles. The van der Waals surface area contributed by atoms with Crippen molar-refractivity contribution in [2.75, 3.05) is 51.3 Å². The normalized spacial score (nSPS) is 17.3. The number of rotatable bonds is 5. The number of carbonyl (C=O) groups excluding carboxylic acids is 2. The van der Waals surface area contributed by atoms with E-state index in [-0.39, 0.29) is 42.1 Å². The third-order valence-corrected chi connectivity index (χ3v) is 6.29. The van der Waals surface area contributed by atoms with E-state index in [1.54, 1.807) is 7.11 Å². The molecule has 2 aliphatic rings. The molecule has 0 spiro atoms. The number of hydrogen-bond donors (Lipinski definition) is 0. The van der Waals surface area contributed by atoms with Gasteiger partial charge in [-0.2, -0.15) is 0 Å². The average molecular weight is 498 g/mol. The number of halogens is 2. The number of fused-ring (bicyclic) bond motifs is 1. The van der Waals surface area contributed by atoms with Gasteiger partial charge in [-0.25, -0.2) is 0 Å². The van der Waals surface area contributed by atoms with Crippen LogP contribution in [0.1, 0.15) is 29.8 Å². The van der Waals surface area contributed by atoms with Gasteiger partial charge in [-0.1, -0.05) is 30.3 Å². The zero-order valence-corrected chi connectivity index (χ0v) is 20.9. The topological polar surface area (TPSA) is 84.6 Å². The van der Waals surface area contributed by atoms with Crippen LogP contribution in [0.3, 0.4) is 0 Å². The molecule has 0 bridgehead atoms. The fourth-order valence-corrected chi connectivity index (χ4v) is 4.45. The van der Waals surface area contributed by atoms with E-state index in [1.807, 2.05) is 56.3 Å². The van der Waals surface area contributed by atoms with Crippen LogP contribution in [-0.4, -0.2) is 73.5 Å². The van der Waals surface area contributed by atoms with Crippen LogP contribution in [0.2, 0.25) is 0 Å². The van der Waals surface area contributed by atoms with Crippen molar-refractivity contribution in [2.45, 2.75) is 19.3 Å². The van der Waals surface area contributed by atoms with E-state index in [0.29, 0.717) is 18.7 Å². The van der Waals surface area contributed by atoms with E-state index in [2.05, 4.69) is 15.9 Å². The highest BCUT2D eigenvalue weighted by Gasteiger charge is 2.44. The molecule has 0 saturated carbocycles. The van der Waals surface area contributed by atoms with Crippen molar-refractivity contribution >= 4 is 42.3 Å². The molecule has 2 amide bonds. The summed E-state index contributed by atoms with van der Waals surface area (Å²) in [5.41, 5.74) is 1.89. The standard InChI is InChI=1S/C24H29N3O3.2ClH.H2O/c1-24(2)19-9-5-4-8-18(19)22(28)27(23(24)29)17-14-25-12-15-26(16-13-25)20-10-6-7-11-21(20)30-3;;;/h4-11H,12-17H2,1-3H3;2*1H;1H2. The third kappa shape index (κ3) is 5.44. The number of imide groups is 1. The fraction of sp³-hybridized carbons (Fsp3) is 0.417. The Hall–Kier alpha value is -2.32. The lowest BCUT2D eigenvalue weighted by Gasteiger charge is -2.40. The first-order valence-corrected chi connectivity index (χ1v) is 10.5. The van der Waals surface area contributed by atoms with Crippen molar-refractivity contribution in [1.29, 1.82) is 0 Å². The number of carbonyl (C=O) groups is 2. The van der Waals surface area contributed by atoms with Crippen LogP contribution in [0.4, 0.5) is 5.69 Å². The van der Waals surface area contributed by atoms with Crippen LogP contribution in [0, 0.1) is 0 Å². The second-order valence-corrected chi connectivity index (χ2v) is 8.43.